The number of methoxy groups -OCH3 is 1. The van der Waals surface area contributed by atoms with Gasteiger partial charge in [0.2, 0.25) is 0 Å². The van der Waals surface area contributed by atoms with Gasteiger partial charge in [-0.2, -0.15) is 0 Å². The summed E-state index contributed by atoms with van der Waals surface area (Å²) in [4.78, 5) is 23.2. The number of benzene rings is 1. The average Bonchev–Trinajstić information content (AvgIpc) is 2.45. The third kappa shape index (κ3) is 6.25. The van der Waals surface area contributed by atoms with E-state index < -0.39 is 18.1 Å². The van der Waals surface area contributed by atoms with Gasteiger partial charge >= 0.3 is 12.1 Å². The highest BCUT2D eigenvalue weighted by Gasteiger charge is 2.23. The number of esters is 1. The lowest BCUT2D eigenvalue weighted by molar-refractivity contribution is -0.147. The zero-order valence-electron chi connectivity index (χ0n) is 12.4. The second-order valence-electron chi connectivity index (χ2n) is 5.05. The van der Waals surface area contributed by atoms with Crippen molar-refractivity contribution >= 4 is 12.1 Å². The molecule has 116 valence electrons. The Bertz CT molecular complexity index is 473. The van der Waals surface area contributed by atoms with Crippen LogP contribution in [0, 0.1) is 11.7 Å². The molecular formula is C15H20FNO4. The molecule has 1 rings (SSSR count). The van der Waals surface area contributed by atoms with Crippen LogP contribution in [0.15, 0.2) is 24.3 Å². The number of ether oxygens (including phenoxy) is 2. The zero-order chi connectivity index (χ0) is 15.8. The number of nitrogens with one attached hydrogen (secondary N) is 1. The number of rotatable bonds is 6. The lowest BCUT2D eigenvalue weighted by Crippen LogP contribution is -2.42. The van der Waals surface area contributed by atoms with E-state index in [-0.39, 0.29) is 18.3 Å². The van der Waals surface area contributed by atoms with Crippen molar-refractivity contribution in [2.24, 2.45) is 5.92 Å². The van der Waals surface area contributed by atoms with Gasteiger partial charge in [0, 0.05) is 0 Å². The average molecular weight is 297 g/mol. The summed E-state index contributed by atoms with van der Waals surface area (Å²) in [5.74, 6) is -0.695. The Morgan fingerprint density at radius 2 is 1.86 bits per heavy atom. The third-order valence-electron chi connectivity index (χ3n) is 2.76. The van der Waals surface area contributed by atoms with Crippen LogP contribution in [0.1, 0.15) is 25.8 Å². The number of alkyl carbamates (subject to hydrolysis) is 1. The molecule has 1 amide bonds. The predicted molar refractivity (Wildman–Crippen MR) is 75.0 cm³/mol. The maximum atomic E-state index is 12.8. The fourth-order valence-electron chi connectivity index (χ4n) is 1.72. The first-order valence-electron chi connectivity index (χ1n) is 6.68. The molecule has 1 aromatic rings. The molecule has 1 N–H and O–H groups in total. The summed E-state index contributed by atoms with van der Waals surface area (Å²) >= 11 is 0. The van der Waals surface area contributed by atoms with Gasteiger partial charge in [0.05, 0.1) is 7.11 Å². The van der Waals surface area contributed by atoms with Gasteiger partial charge in [0.15, 0.2) is 0 Å². The minimum atomic E-state index is -0.766. The normalized spacial score (nSPS) is 11.9. The van der Waals surface area contributed by atoms with E-state index in [0.29, 0.717) is 12.0 Å². The van der Waals surface area contributed by atoms with Gasteiger partial charge in [-0.25, -0.2) is 14.0 Å². The van der Waals surface area contributed by atoms with E-state index in [1.165, 1.54) is 31.4 Å². The quantitative estimate of drug-likeness (QED) is 0.820. The first-order valence-corrected chi connectivity index (χ1v) is 6.68. The fourth-order valence-corrected chi connectivity index (χ4v) is 1.72. The molecule has 0 aliphatic heterocycles. The molecule has 0 spiro atoms. The summed E-state index contributed by atoms with van der Waals surface area (Å²) in [5.41, 5.74) is 0.672. The van der Waals surface area contributed by atoms with Crippen molar-refractivity contribution in [3.63, 3.8) is 0 Å². The van der Waals surface area contributed by atoms with E-state index in [9.17, 15) is 14.0 Å². The summed E-state index contributed by atoms with van der Waals surface area (Å²) in [5, 5.41) is 2.45. The second-order valence-corrected chi connectivity index (χ2v) is 5.05. The van der Waals surface area contributed by atoms with Gasteiger partial charge in [-0.1, -0.05) is 26.0 Å². The molecule has 1 unspecified atom stereocenters. The topological polar surface area (TPSA) is 64.6 Å². The first-order chi connectivity index (χ1) is 9.92. The number of hydrogen-bond acceptors (Lipinski definition) is 4. The number of halogens is 1. The molecule has 1 aromatic carbocycles. The highest BCUT2D eigenvalue weighted by atomic mass is 19.1. The number of amides is 1. The summed E-state index contributed by atoms with van der Waals surface area (Å²) in [6.07, 6.45) is -0.239. The molecule has 5 nitrogen and oxygen atoms in total. The Hall–Kier alpha value is -2.11. The Labute approximate surface area is 123 Å². The van der Waals surface area contributed by atoms with Crippen LogP contribution in [0.25, 0.3) is 0 Å². The summed E-state index contributed by atoms with van der Waals surface area (Å²) in [6, 6.07) is 4.89. The van der Waals surface area contributed by atoms with Gasteiger partial charge in [0.1, 0.15) is 18.5 Å². The highest BCUT2D eigenvalue weighted by molar-refractivity contribution is 5.81. The van der Waals surface area contributed by atoms with E-state index >= 15 is 0 Å². The van der Waals surface area contributed by atoms with Crippen LogP contribution >= 0.6 is 0 Å². The smallest absolute Gasteiger partial charge is 0.407 e. The molecule has 0 aliphatic rings. The van der Waals surface area contributed by atoms with Crippen molar-refractivity contribution in [3.05, 3.63) is 35.6 Å². The largest absolute Gasteiger partial charge is 0.459 e. The van der Waals surface area contributed by atoms with E-state index in [2.05, 4.69) is 10.1 Å². The standard InChI is InChI=1S/C15H20FNO4/c1-10(2)8-13(17-15(19)20-3)14(18)21-9-11-4-6-12(16)7-5-11/h4-7,10,13H,8-9H2,1-3H3,(H,17,19). The number of hydrogen-bond donors (Lipinski definition) is 1. The highest BCUT2D eigenvalue weighted by Crippen LogP contribution is 2.09. The molecule has 21 heavy (non-hydrogen) atoms. The Kier molecular flexibility index (Phi) is 6.65. The van der Waals surface area contributed by atoms with Crippen molar-refractivity contribution in [2.75, 3.05) is 7.11 Å². The molecule has 0 radical (unpaired) electrons. The van der Waals surface area contributed by atoms with Crippen molar-refractivity contribution < 1.29 is 23.5 Å². The number of carbonyl (C=O) groups excluding carboxylic acids is 2. The summed E-state index contributed by atoms with van der Waals surface area (Å²) in [6.45, 7) is 3.88. The minimum absolute atomic E-state index is 0.0244. The van der Waals surface area contributed by atoms with Gasteiger partial charge in [-0.05, 0) is 30.0 Å². The maximum absolute atomic E-state index is 12.8. The van der Waals surface area contributed by atoms with Crippen LogP contribution in [0.2, 0.25) is 0 Å². The second kappa shape index (κ2) is 8.24. The van der Waals surface area contributed by atoms with Gasteiger partial charge in [-0.3, -0.25) is 0 Å². The summed E-state index contributed by atoms with van der Waals surface area (Å²) < 4.78 is 22.4. The van der Waals surface area contributed by atoms with E-state index in [1.54, 1.807) is 0 Å². The maximum Gasteiger partial charge on any atom is 0.407 e. The Balaban J connectivity index is 2.58. The van der Waals surface area contributed by atoms with Crippen molar-refractivity contribution in [1.29, 1.82) is 0 Å². The van der Waals surface area contributed by atoms with Crippen molar-refractivity contribution in [3.8, 4) is 0 Å². The molecule has 0 aliphatic carbocycles. The molecule has 0 bridgehead atoms. The SMILES string of the molecule is COC(=O)NC(CC(C)C)C(=O)OCc1ccc(F)cc1. The molecule has 0 aromatic heterocycles. The van der Waals surface area contributed by atoms with Crippen LogP contribution in [-0.4, -0.2) is 25.2 Å². The van der Waals surface area contributed by atoms with Crippen LogP contribution in [0.5, 0.6) is 0 Å². The van der Waals surface area contributed by atoms with Gasteiger partial charge < -0.3 is 14.8 Å². The summed E-state index contributed by atoms with van der Waals surface area (Å²) in [7, 11) is 1.23. The van der Waals surface area contributed by atoms with E-state index in [4.69, 9.17) is 4.74 Å². The monoisotopic (exact) mass is 297 g/mol. The van der Waals surface area contributed by atoms with Crippen LogP contribution in [-0.2, 0) is 20.9 Å². The van der Waals surface area contributed by atoms with Crippen LogP contribution in [0.4, 0.5) is 9.18 Å². The van der Waals surface area contributed by atoms with E-state index in [0.717, 1.165) is 0 Å². The van der Waals surface area contributed by atoms with Crippen molar-refractivity contribution in [2.45, 2.75) is 32.9 Å². The molecular weight excluding hydrogens is 277 g/mol. The molecule has 0 fully saturated rings. The lowest BCUT2D eigenvalue weighted by atomic mass is 10.0. The van der Waals surface area contributed by atoms with Gasteiger partial charge in [0.25, 0.3) is 0 Å². The first kappa shape index (κ1) is 16.9. The van der Waals surface area contributed by atoms with E-state index in [1.807, 2.05) is 13.8 Å². The number of carbonyl (C=O) groups is 2. The predicted octanol–water partition coefficient (Wildman–Crippen LogP) is 2.64. The fraction of sp³-hybridized carbons (Fsp3) is 0.467. The Morgan fingerprint density at radius 1 is 1.24 bits per heavy atom. The van der Waals surface area contributed by atoms with Gasteiger partial charge in [-0.15, -0.1) is 0 Å². The lowest BCUT2D eigenvalue weighted by Gasteiger charge is -2.18. The Morgan fingerprint density at radius 3 is 2.38 bits per heavy atom. The van der Waals surface area contributed by atoms with Crippen LogP contribution < -0.4 is 5.32 Å². The van der Waals surface area contributed by atoms with Crippen molar-refractivity contribution in [1.82, 2.24) is 5.32 Å². The molecule has 6 heteroatoms. The minimum Gasteiger partial charge on any atom is -0.459 e. The van der Waals surface area contributed by atoms with Crippen LogP contribution in [0.3, 0.4) is 0 Å². The third-order valence-corrected chi connectivity index (χ3v) is 2.76. The molecule has 0 saturated heterocycles. The molecule has 1 atom stereocenters. The molecule has 0 saturated carbocycles. The zero-order valence-corrected chi connectivity index (χ0v) is 12.4. The molecule has 0 heterocycles.